The summed E-state index contributed by atoms with van der Waals surface area (Å²) < 4.78 is 5.30. The first-order chi connectivity index (χ1) is 10.2. The lowest BCUT2D eigenvalue weighted by atomic mass is 10.2. The van der Waals surface area contributed by atoms with Gasteiger partial charge in [-0.1, -0.05) is 18.2 Å². The number of hydrogen-bond donors (Lipinski definition) is 1. The summed E-state index contributed by atoms with van der Waals surface area (Å²) in [5, 5.41) is 5.58. The predicted molar refractivity (Wildman–Crippen MR) is 83.3 cm³/mol. The van der Waals surface area contributed by atoms with E-state index in [1.54, 1.807) is 6.26 Å². The topological polar surface area (TPSA) is 55.1 Å². The summed E-state index contributed by atoms with van der Waals surface area (Å²) in [6.07, 6.45) is 1.87. The molecule has 2 aromatic heterocycles. The fourth-order valence-corrected chi connectivity index (χ4v) is 2.76. The van der Waals surface area contributed by atoms with Crippen molar-refractivity contribution in [3.05, 3.63) is 59.3 Å². The molecule has 1 N–H and O–H groups in total. The van der Waals surface area contributed by atoms with E-state index < -0.39 is 0 Å². The molecule has 0 aliphatic carbocycles. The smallest absolute Gasteiger partial charge is 0.230 e. The Balaban J connectivity index is 1.67. The zero-order chi connectivity index (χ0) is 14.7. The molecule has 5 heteroatoms. The normalized spacial score (nSPS) is 10.5. The summed E-state index contributed by atoms with van der Waals surface area (Å²) in [6.45, 7) is 1.97. The summed E-state index contributed by atoms with van der Waals surface area (Å²) in [7, 11) is 0. The second kappa shape index (κ2) is 5.93. The minimum Gasteiger partial charge on any atom is -0.462 e. The molecule has 3 rings (SSSR count). The SMILES string of the molecule is Cc1ccccc1NC(=O)Cc1csc(-c2ccco2)n1. The average molecular weight is 298 g/mol. The van der Waals surface area contributed by atoms with Crippen LogP contribution < -0.4 is 5.32 Å². The molecule has 21 heavy (non-hydrogen) atoms. The fourth-order valence-electron chi connectivity index (χ4n) is 1.97. The molecule has 0 bridgehead atoms. The molecule has 0 radical (unpaired) electrons. The van der Waals surface area contributed by atoms with Crippen LogP contribution in [0.4, 0.5) is 5.69 Å². The molecule has 0 spiro atoms. The molecule has 106 valence electrons. The minimum absolute atomic E-state index is 0.0689. The van der Waals surface area contributed by atoms with Crippen LogP contribution in [0.1, 0.15) is 11.3 Å². The maximum Gasteiger partial charge on any atom is 0.230 e. The van der Waals surface area contributed by atoms with Crippen molar-refractivity contribution in [2.24, 2.45) is 0 Å². The summed E-state index contributed by atoms with van der Waals surface area (Å²) >= 11 is 1.47. The average Bonchev–Trinajstić information content (AvgIpc) is 3.12. The van der Waals surface area contributed by atoms with Crippen LogP contribution in [0.25, 0.3) is 10.8 Å². The number of rotatable bonds is 4. The molecule has 4 nitrogen and oxygen atoms in total. The van der Waals surface area contributed by atoms with E-state index in [2.05, 4.69) is 10.3 Å². The Bertz CT molecular complexity index is 747. The van der Waals surface area contributed by atoms with Crippen LogP contribution in [0.5, 0.6) is 0 Å². The van der Waals surface area contributed by atoms with Gasteiger partial charge in [0, 0.05) is 11.1 Å². The van der Waals surface area contributed by atoms with Gasteiger partial charge in [0.25, 0.3) is 0 Å². The molecule has 1 aromatic carbocycles. The quantitative estimate of drug-likeness (QED) is 0.795. The Morgan fingerprint density at radius 2 is 2.14 bits per heavy atom. The zero-order valence-corrected chi connectivity index (χ0v) is 12.3. The van der Waals surface area contributed by atoms with Crippen molar-refractivity contribution in [3.8, 4) is 10.8 Å². The van der Waals surface area contributed by atoms with Crippen molar-refractivity contribution in [3.63, 3.8) is 0 Å². The first kappa shape index (κ1) is 13.6. The van der Waals surface area contributed by atoms with E-state index in [1.807, 2.05) is 48.7 Å². The second-order valence-electron chi connectivity index (χ2n) is 4.66. The van der Waals surface area contributed by atoms with Crippen molar-refractivity contribution >= 4 is 22.9 Å². The molecule has 1 amide bonds. The van der Waals surface area contributed by atoms with Crippen molar-refractivity contribution in [1.82, 2.24) is 4.98 Å². The highest BCUT2D eigenvalue weighted by Gasteiger charge is 2.11. The van der Waals surface area contributed by atoms with Gasteiger partial charge < -0.3 is 9.73 Å². The van der Waals surface area contributed by atoms with Gasteiger partial charge in [0.2, 0.25) is 5.91 Å². The molecular weight excluding hydrogens is 284 g/mol. The van der Waals surface area contributed by atoms with E-state index in [0.717, 1.165) is 27.7 Å². The molecule has 0 atom stereocenters. The fraction of sp³-hybridized carbons (Fsp3) is 0.125. The highest BCUT2D eigenvalue weighted by Crippen LogP contribution is 2.24. The number of anilines is 1. The lowest BCUT2D eigenvalue weighted by molar-refractivity contribution is -0.115. The third kappa shape index (κ3) is 3.20. The molecule has 0 saturated heterocycles. The number of aryl methyl sites for hydroxylation is 1. The molecule has 0 unspecified atom stereocenters. The number of nitrogens with zero attached hydrogens (tertiary/aromatic N) is 1. The summed E-state index contributed by atoms with van der Waals surface area (Å²) in [4.78, 5) is 16.5. The van der Waals surface area contributed by atoms with Crippen LogP contribution >= 0.6 is 11.3 Å². The number of aromatic nitrogens is 1. The van der Waals surface area contributed by atoms with Crippen LogP contribution in [0.2, 0.25) is 0 Å². The predicted octanol–water partition coefficient (Wildman–Crippen LogP) is 3.89. The monoisotopic (exact) mass is 298 g/mol. The highest BCUT2D eigenvalue weighted by atomic mass is 32.1. The number of thiazole rings is 1. The van der Waals surface area contributed by atoms with Gasteiger partial charge in [-0.25, -0.2) is 4.98 Å². The van der Waals surface area contributed by atoms with E-state index in [0.29, 0.717) is 0 Å². The molecule has 0 aliphatic heterocycles. The van der Waals surface area contributed by atoms with Gasteiger partial charge in [-0.3, -0.25) is 4.79 Å². The number of para-hydroxylation sites is 1. The van der Waals surface area contributed by atoms with E-state index in [1.165, 1.54) is 11.3 Å². The van der Waals surface area contributed by atoms with Gasteiger partial charge >= 0.3 is 0 Å². The van der Waals surface area contributed by atoms with Crippen LogP contribution in [-0.2, 0) is 11.2 Å². The number of carbonyl (C=O) groups is 1. The van der Waals surface area contributed by atoms with Crippen LogP contribution in [0, 0.1) is 6.92 Å². The Kier molecular flexibility index (Phi) is 3.83. The van der Waals surface area contributed by atoms with Gasteiger partial charge in [0.1, 0.15) is 0 Å². The Labute approximate surface area is 126 Å². The number of benzene rings is 1. The molecule has 0 fully saturated rings. The van der Waals surface area contributed by atoms with E-state index in [4.69, 9.17) is 4.42 Å². The Morgan fingerprint density at radius 3 is 2.90 bits per heavy atom. The number of nitrogens with one attached hydrogen (secondary N) is 1. The van der Waals surface area contributed by atoms with Crippen LogP contribution in [-0.4, -0.2) is 10.9 Å². The lowest BCUT2D eigenvalue weighted by Crippen LogP contribution is -2.15. The molecule has 0 aliphatic rings. The largest absolute Gasteiger partial charge is 0.462 e. The van der Waals surface area contributed by atoms with E-state index in [-0.39, 0.29) is 12.3 Å². The van der Waals surface area contributed by atoms with Gasteiger partial charge in [0.15, 0.2) is 10.8 Å². The Hall–Kier alpha value is -2.40. The van der Waals surface area contributed by atoms with Gasteiger partial charge in [-0.15, -0.1) is 11.3 Å². The second-order valence-corrected chi connectivity index (χ2v) is 5.52. The van der Waals surface area contributed by atoms with Crippen molar-refractivity contribution in [2.45, 2.75) is 13.3 Å². The third-order valence-electron chi connectivity index (χ3n) is 3.04. The lowest BCUT2D eigenvalue weighted by Gasteiger charge is -2.06. The van der Waals surface area contributed by atoms with Gasteiger partial charge in [0.05, 0.1) is 18.4 Å². The van der Waals surface area contributed by atoms with E-state index in [9.17, 15) is 4.79 Å². The number of amides is 1. The maximum atomic E-state index is 12.1. The first-order valence-corrected chi connectivity index (χ1v) is 7.44. The molecular formula is C16H14N2O2S. The molecule has 2 heterocycles. The molecule has 0 saturated carbocycles. The standard InChI is InChI=1S/C16H14N2O2S/c1-11-5-2-3-6-13(11)18-15(19)9-12-10-21-16(17-12)14-7-4-8-20-14/h2-8,10H,9H2,1H3,(H,18,19). The van der Waals surface area contributed by atoms with Crippen LogP contribution in [0.15, 0.2) is 52.5 Å². The van der Waals surface area contributed by atoms with Gasteiger partial charge in [-0.2, -0.15) is 0 Å². The zero-order valence-electron chi connectivity index (χ0n) is 11.5. The van der Waals surface area contributed by atoms with Crippen molar-refractivity contribution in [2.75, 3.05) is 5.32 Å². The number of carbonyl (C=O) groups excluding carboxylic acids is 1. The minimum atomic E-state index is -0.0689. The number of hydrogen-bond acceptors (Lipinski definition) is 4. The third-order valence-corrected chi connectivity index (χ3v) is 3.95. The summed E-state index contributed by atoms with van der Waals surface area (Å²) in [6, 6.07) is 11.4. The first-order valence-electron chi connectivity index (χ1n) is 6.56. The summed E-state index contributed by atoms with van der Waals surface area (Å²) in [5.74, 6) is 0.658. The van der Waals surface area contributed by atoms with Crippen molar-refractivity contribution in [1.29, 1.82) is 0 Å². The maximum absolute atomic E-state index is 12.1. The van der Waals surface area contributed by atoms with Crippen molar-refractivity contribution < 1.29 is 9.21 Å². The van der Waals surface area contributed by atoms with Crippen LogP contribution in [0.3, 0.4) is 0 Å². The number of furan rings is 1. The highest BCUT2D eigenvalue weighted by molar-refractivity contribution is 7.13. The summed E-state index contributed by atoms with van der Waals surface area (Å²) in [5.41, 5.74) is 2.63. The Morgan fingerprint density at radius 1 is 1.29 bits per heavy atom. The molecule has 3 aromatic rings. The van der Waals surface area contributed by atoms with E-state index >= 15 is 0 Å². The van der Waals surface area contributed by atoms with Gasteiger partial charge in [-0.05, 0) is 30.7 Å².